The molecule has 4 aromatic rings. The predicted molar refractivity (Wildman–Crippen MR) is 107 cm³/mol. The van der Waals surface area contributed by atoms with Gasteiger partial charge >= 0.3 is 0 Å². The molecule has 1 aromatic heterocycles. The van der Waals surface area contributed by atoms with E-state index in [0.29, 0.717) is 11.3 Å². The number of alkyl halides is 1. The first kappa shape index (κ1) is 17.3. The summed E-state index contributed by atoms with van der Waals surface area (Å²) in [5, 5.41) is 18.9. The van der Waals surface area contributed by atoms with E-state index in [-0.39, 0.29) is 11.4 Å². The maximum absolute atomic E-state index is 12.7. The van der Waals surface area contributed by atoms with Gasteiger partial charge in [0.2, 0.25) is 0 Å². The number of thiazole rings is 1. The van der Waals surface area contributed by atoms with Crippen molar-refractivity contribution in [1.82, 2.24) is 4.98 Å². The molecule has 4 nitrogen and oxygen atoms in total. The van der Waals surface area contributed by atoms with Crippen LogP contribution in [-0.4, -0.2) is 10.1 Å². The minimum atomic E-state index is -0.612. The van der Waals surface area contributed by atoms with E-state index in [0.717, 1.165) is 20.8 Å². The number of hydrogen-bond acceptors (Lipinski definition) is 5. The highest BCUT2D eigenvalue weighted by atomic mass is 32.1. The Morgan fingerprint density at radius 2 is 1.81 bits per heavy atom. The van der Waals surface area contributed by atoms with Crippen LogP contribution in [0.1, 0.15) is 11.1 Å². The Morgan fingerprint density at radius 1 is 1.00 bits per heavy atom. The number of rotatable bonds is 4. The number of aromatic hydroxyl groups is 1. The Kier molecular flexibility index (Phi) is 4.64. The van der Waals surface area contributed by atoms with E-state index in [9.17, 15) is 9.50 Å². The third-order valence-corrected chi connectivity index (χ3v) is 5.19. The molecule has 27 heavy (non-hydrogen) atoms. The quantitative estimate of drug-likeness (QED) is 0.395. The van der Waals surface area contributed by atoms with E-state index in [1.165, 1.54) is 23.8 Å². The zero-order valence-corrected chi connectivity index (χ0v) is 15.4. The van der Waals surface area contributed by atoms with Crippen LogP contribution < -0.4 is 0 Å². The molecule has 6 heteroatoms. The van der Waals surface area contributed by atoms with Gasteiger partial charge < -0.3 is 5.11 Å². The van der Waals surface area contributed by atoms with Gasteiger partial charge in [-0.3, -0.25) is 0 Å². The molecule has 0 aliphatic heterocycles. The number of halogens is 1. The minimum Gasteiger partial charge on any atom is -0.506 e. The number of phenolic OH excluding ortho intramolecular Hbond substituents is 1. The van der Waals surface area contributed by atoms with Gasteiger partial charge in [-0.1, -0.05) is 12.1 Å². The van der Waals surface area contributed by atoms with Gasteiger partial charge in [0.15, 0.2) is 0 Å². The van der Waals surface area contributed by atoms with Crippen LogP contribution in [-0.2, 0) is 6.67 Å². The highest BCUT2D eigenvalue weighted by molar-refractivity contribution is 7.21. The SMILES string of the molecule is Cc1ccc2nc(-c3ccc(/N=N/c4cc(CF)ccc4O)cc3)sc2c1. The standard InChI is InChI=1S/C21H16FN3OS/c1-13-2-8-17-20(10-13)27-21(23-17)15-4-6-16(7-5-15)24-25-18-11-14(12-22)3-9-19(18)26/h2-11,26H,12H2,1H3/b25-24+. The lowest BCUT2D eigenvalue weighted by atomic mass is 10.2. The largest absolute Gasteiger partial charge is 0.506 e. The lowest BCUT2D eigenvalue weighted by Gasteiger charge is -2.00. The van der Waals surface area contributed by atoms with E-state index < -0.39 is 6.67 Å². The van der Waals surface area contributed by atoms with Gasteiger partial charge in [-0.25, -0.2) is 9.37 Å². The van der Waals surface area contributed by atoms with E-state index in [1.807, 2.05) is 30.3 Å². The third kappa shape index (κ3) is 3.71. The van der Waals surface area contributed by atoms with Crippen molar-refractivity contribution in [2.24, 2.45) is 10.2 Å². The maximum Gasteiger partial charge on any atom is 0.143 e. The summed E-state index contributed by atoms with van der Waals surface area (Å²) < 4.78 is 13.9. The lowest BCUT2D eigenvalue weighted by molar-refractivity contribution is 0.471. The molecule has 3 aromatic carbocycles. The van der Waals surface area contributed by atoms with Crippen molar-refractivity contribution in [3.05, 3.63) is 71.8 Å². The normalized spacial score (nSPS) is 11.5. The molecule has 0 spiro atoms. The molecule has 134 valence electrons. The van der Waals surface area contributed by atoms with Gasteiger partial charge in [-0.2, -0.15) is 5.11 Å². The fraction of sp³-hybridized carbons (Fsp3) is 0.0952. The van der Waals surface area contributed by atoms with Gasteiger partial charge in [0.1, 0.15) is 23.1 Å². The van der Waals surface area contributed by atoms with Crippen molar-refractivity contribution in [3.63, 3.8) is 0 Å². The van der Waals surface area contributed by atoms with Crippen LogP contribution in [0.25, 0.3) is 20.8 Å². The Morgan fingerprint density at radius 3 is 2.59 bits per heavy atom. The number of benzene rings is 3. The van der Waals surface area contributed by atoms with Crippen molar-refractivity contribution in [2.75, 3.05) is 0 Å². The highest BCUT2D eigenvalue weighted by Crippen LogP contribution is 2.33. The van der Waals surface area contributed by atoms with E-state index in [2.05, 4.69) is 34.3 Å². The average Bonchev–Trinajstić information content (AvgIpc) is 3.11. The minimum absolute atomic E-state index is 0.0302. The van der Waals surface area contributed by atoms with Crippen LogP contribution in [0.2, 0.25) is 0 Å². The summed E-state index contributed by atoms with van der Waals surface area (Å²) in [5.74, 6) is -0.0302. The Hall–Kier alpha value is -3.12. The van der Waals surface area contributed by atoms with E-state index in [1.54, 1.807) is 11.3 Å². The molecule has 0 fully saturated rings. The van der Waals surface area contributed by atoms with Crippen molar-refractivity contribution in [2.45, 2.75) is 13.6 Å². The molecular weight excluding hydrogens is 361 g/mol. The predicted octanol–water partition coefficient (Wildman–Crippen LogP) is 6.86. The Balaban J connectivity index is 1.58. The van der Waals surface area contributed by atoms with Gasteiger partial charge in [0.05, 0.1) is 15.9 Å². The molecule has 0 bridgehead atoms. The number of azo groups is 1. The maximum atomic E-state index is 12.7. The number of aryl methyl sites for hydroxylation is 1. The van der Waals surface area contributed by atoms with E-state index >= 15 is 0 Å². The zero-order valence-electron chi connectivity index (χ0n) is 14.6. The summed E-state index contributed by atoms with van der Waals surface area (Å²) in [5.41, 5.74) is 4.55. The third-order valence-electron chi connectivity index (χ3n) is 4.13. The van der Waals surface area contributed by atoms with Gasteiger partial charge in [-0.05, 0) is 66.6 Å². The summed E-state index contributed by atoms with van der Waals surface area (Å²) in [4.78, 5) is 4.67. The second-order valence-electron chi connectivity index (χ2n) is 6.19. The number of fused-ring (bicyclic) bond motifs is 1. The molecule has 0 aliphatic rings. The molecule has 0 saturated carbocycles. The topological polar surface area (TPSA) is 57.8 Å². The molecule has 0 unspecified atom stereocenters. The molecule has 4 rings (SSSR count). The van der Waals surface area contributed by atoms with Crippen molar-refractivity contribution >= 4 is 32.9 Å². The van der Waals surface area contributed by atoms with Gasteiger partial charge in [-0.15, -0.1) is 16.5 Å². The van der Waals surface area contributed by atoms with Crippen LogP contribution >= 0.6 is 11.3 Å². The molecule has 0 atom stereocenters. The number of nitrogens with zero attached hydrogens (tertiary/aromatic N) is 3. The summed E-state index contributed by atoms with van der Waals surface area (Å²) in [6.07, 6.45) is 0. The second-order valence-corrected chi connectivity index (χ2v) is 7.22. The molecule has 0 amide bonds. The monoisotopic (exact) mass is 377 g/mol. The molecule has 0 aliphatic carbocycles. The van der Waals surface area contributed by atoms with Crippen molar-refractivity contribution < 1.29 is 9.50 Å². The molecular formula is C21H16FN3OS. The number of hydrogen-bond donors (Lipinski definition) is 1. The number of aromatic nitrogens is 1. The highest BCUT2D eigenvalue weighted by Gasteiger charge is 2.07. The fourth-order valence-corrected chi connectivity index (χ4v) is 3.74. The van der Waals surface area contributed by atoms with Crippen molar-refractivity contribution in [1.29, 1.82) is 0 Å². The smallest absolute Gasteiger partial charge is 0.143 e. The zero-order chi connectivity index (χ0) is 18.8. The van der Waals surface area contributed by atoms with E-state index in [4.69, 9.17) is 0 Å². The summed E-state index contributed by atoms with van der Waals surface area (Å²) in [6.45, 7) is 1.46. The molecule has 1 N–H and O–H groups in total. The Labute approximate surface area is 159 Å². The van der Waals surface area contributed by atoms with Gasteiger partial charge in [0.25, 0.3) is 0 Å². The lowest BCUT2D eigenvalue weighted by Crippen LogP contribution is -1.77. The number of phenols is 1. The summed E-state index contributed by atoms with van der Waals surface area (Å²) >= 11 is 1.65. The average molecular weight is 377 g/mol. The van der Waals surface area contributed by atoms with Crippen LogP contribution in [0.4, 0.5) is 15.8 Å². The van der Waals surface area contributed by atoms with Gasteiger partial charge in [0, 0.05) is 5.56 Å². The van der Waals surface area contributed by atoms with Crippen LogP contribution in [0.3, 0.4) is 0 Å². The fourth-order valence-electron chi connectivity index (χ4n) is 2.67. The first-order valence-corrected chi connectivity index (χ1v) is 9.21. The second kappa shape index (κ2) is 7.25. The first-order valence-electron chi connectivity index (χ1n) is 8.39. The van der Waals surface area contributed by atoms with Crippen LogP contribution in [0.15, 0.2) is 70.9 Å². The Bertz CT molecular complexity index is 1140. The van der Waals surface area contributed by atoms with Crippen molar-refractivity contribution in [3.8, 4) is 16.3 Å². The first-order chi connectivity index (χ1) is 13.1. The summed E-state index contributed by atoms with van der Waals surface area (Å²) in [7, 11) is 0. The molecule has 1 heterocycles. The molecule has 0 saturated heterocycles. The molecule has 0 radical (unpaired) electrons. The summed E-state index contributed by atoms with van der Waals surface area (Å²) in [6, 6.07) is 18.2. The van der Waals surface area contributed by atoms with Crippen LogP contribution in [0.5, 0.6) is 5.75 Å². The van der Waals surface area contributed by atoms with Crippen LogP contribution in [0, 0.1) is 6.92 Å².